The van der Waals surface area contributed by atoms with Crippen molar-refractivity contribution in [2.45, 2.75) is 38.6 Å². The highest BCUT2D eigenvalue weighted by atomic mass is 16.1. The van der Waals surface area contributed by atoms with E-state index in [0.29, 0.717) is 6.04 Å². The van der Waals surface area contributed by atoms with Crippen LogP contribution in [0.4, 0.5) is 0 Å². The molecule has 1 heterocycles. The Morgan fingerprint density at radius 3 is 2.92 bits per heavy atom. The Bertz CT molecular complexity index is 145. The lowest BCUT2D eigenvalue weighted by molar-refractivity contribution is -0.108. The Balaban J connectivity index is 2.45. The SMILES string of the molecule is CCCC1CCN(C)C1CC=O. The molecule has 0 N–H and O–H groups in total. The van der Waals surface area contributed by atoms with E-state index in [4.69, 9.17) is 0 Å². The van der Waals surface area contributed by atoms with Crippen molar-refractivity contribution in [1.82, 2.24) is 4.90 Å². The van der Waals surface area contributed by atoms with Gasteiger partial charge >= 0.3 is 0 Å². The number of carbonyl (C=O) groups is 1. The Labute approximate surface area is 74.9 Å². The largest absolute Gasteiger partial charge is 0.303 e. The second-order valence-corrected chi connectivity index (χ2v) is 3.79. The van der Waals surface area contributed by atoms with E-state index in [9.17, 15) is 4.79 Å². The van der Waals surface area contributed by atoms with E-state index in [-0.39, 0.29) is 0 Å². The molecule has 2 heteroatoms. The lowest BCUT2D eigenvalue weighted by Gasteiger charge is -2.22. The molecule has 1 rings (SSSR count). The van der Waals surface area contributed by atoms with Crippen LogP contribution in [-0.2, 0) is 4.79 Å². The van der Waals surface area contributed by atoms with Gasteiger partial charge in [-0.25, -0.2) is 0 Å². The molecule has 2 atom stereocenters. The van der Waals surface area contributed by atoms with Gasteiger partial charge in [0.05, 0.1) is 0 Å². The minimum Gasteiger partial charge on any atom is -0.303 e. The fourth-order valence-corrected chi connectivity index (χ4v) is 2.27. The third-order valence-electron chi connectivity index (χ3n) is 2.96. The summed E-state index contributed by atoms with van der Waals surface area (Å²) in [6.45, 7) is 3.39. The Hall–Kier alpha value is -0.370. The lowest BCUT2D eigenvalue weighted by atomic mass is 9.94. The summed E-state index contributed by atoms with van der Waals surface area (Å²) in [5.41, 5.74) is 0. The van der Waals surface area contributed by atoms with Gasteiger partial charge in [-0.15, -0.1) is 0 Å². The predicted octanol–water partition coefficient (Wildman–Crippen LogP) is 1.70. The van der Waals surface area contributed by atoms with Gasteiger partial charge in [0.1, 0.15) is 6.29 Å². The van der Waals surface area contributed by atoms with Crippen molar-refractivity contribution < 1.29 is 4.79 Å². The van der Waals surface area contributed by atoms with Gasteiger partial charge in [-0.1, -0.05) is 13.3 Å². The van der Waals surface area contributed by atoms with Crippen molar-refractivity contribution in [2.24, 2.45) is 5.92 Å². The summed E-state index contributed by atoms with van der Waals surface area (Å²) in [7, 11) is 2.13. The molecule has 0 aromatic carbocycles. The van der Waals surface area contributed by atoms with Gasteiger partial charge in [-0.05, 0) is 32.4 Å². The average Bonchev–Trinajstić information content (AvgIpc) is 2.37. The fraction of sp³-hybridized carbons (Fsp3) is 0.900. The second-order valence-electron chi connectivity index (χ2n) is 3.79. The summed E-state index contributed by atoms with van der Waals surface area (Å²) in [5, 5.41) is 0. The summed E-state index contributed by atoms with van der Waals surface area (Å²) in [6, 6.07) is 0.530. The summed E-state index contributed by atoms with van der Waals surface area (Å²) in [5.74, 6) is 0.769. The Kier molecular flexibility index (Phi) is 3.73. The van der Waals surface area contributed by atoms with E-state index in [0.717, 1.165) is 18.6 Å². The van der Waals surface area contributed by atoms with Crippen LogP contribution in [0.25, 0.3) is 0 Å². The predicted molar refractivity (Wildman–Crippen MR) is 50.1 cm³/mol. The number of nitrogens with zero attached hydrogens (tertiary/aromatic N) is 1. The van der Waals surface area contributed by atoms with Gasteiger partial charge in [0.15, 0.2) is 0 Å². The molecule has 0 amide bonds. The summed E-state index contributed by atoms with van der Waals surface area (Å²) < 4.78 is 0. The molecule has 70 valence electrons. The van der Waals surface area contributed by atoms with Crippen molar-refractivity contribution in [3.8, 4) is 0 Å². The van der Waals surface area contributed by atoms with Crippen LogP contribution in [0.5, 0.6) is 0 Å². The summed E-state index contributed by atoms with van der Waals surface area (Å²) >= 11 is 0. The number of rotatable bonds is 4. The van der Waals surface area contributed by atoms with Gasteiger partial charge in [0.2, 0.25) is 0 Å². The smallest absolute Gasteiger partial charge is 0.121 e. The normalized spacial score (nSPS) is 30.8. The summed E-state index contributed by atoms with van der Waals surface area (Å²) in [4.78, 5) is 12.8. The average molecular weight is 169 g/mol. The molecule has 1 saturated heterocycles. The Morgan fingerprint density at radius 1 is 1.58 bits per heavy atom. The maximum absolute atomic E-state index is 10.4. The molecule has 0 aromatic heterocycles. The van der Waals surface area contributed by atoms with Gasteiger partial charge in [0.25, 0.3) is 0 Å². The molecule has 0 radical (unpaired) electrons. The van der Waals surface area contributed by atoms with Crippen LogP contribution >= 0.6 is 0 Å². The van der Waals surface area contributed by atoms with Gasteiger partial charge in [-0.3, -0.25) is 0 Å². The van der Waals surface area contributed by atoms with Crippen LogP contribution in [0, 0.1) is 5.92 Å². The van der Waals surface area contributed by atoms with Crippen LogP contribution in [0.3, 0.4) is 0 Å². The molecule has 1 aliphatic rings. The number of aldehydes is 1. The van der Waals surface area contributed by atoms with Crippen molar-refractivity contribution >= 4 is 6.29 Å². The molecule has 12 heavy (non-hydrogen) atoms. The first-order valence-electron chi connectivity index (χ1n) is 4.93. The third kappa shape index (κ3) is 2.07. The highest BCUT2D eigenvalue weighted by Gasteiger charge is 2.30. The molecule has 0 spiro atoms. The number of likely N-dealkylation sites (tertiary alicyclic amines) is 1. The molecular weight excluding hydrogens is 150 g/mol. The molecule has 1 aliphatic heterocycles. The van der Waals surface area contributed by atoms with Crippen LogP contribution < -0.4 is 0 Å². The zero-order valence-corrected chi connectivity index (χ0v) is 8.12. The number of hydrogen-bond acceptors (Lipinski definition) is 2. The first-order chi connectivity index (χ1) is 5.79. The van der Waals surface area contributed by atoms with Gasteiger partial charge < -0.3 is 9.69 Å². The molecular formula is C10H19NO. The quantitative estimate of drug-likeness (QED) is 0.597. The topological polar surface area (TPSA) is 20.3 Å². The van der Waals surface area contributed by atoms with Gasteiger partial charge in [-0.2, -0.15) is 0 Å². The molecule has 2 unspecified atom stereocenters. The highest BCUT2D eigenvalue weighted by Crippen LogP contribution is 2.28. The zero-order valence-electron chi connectivity index (χ0n) is 8.12. The van der Waals surface area contributed by atoms with Crippen LogP contribution in [0.15, 0.2) is 0 Å². The molecule has 1 fully saturated rings. The minimum absolute atomic E-state index is 0.530. The van der Waals surface area contributed by atoms with Crippen molar-refractivity contribution in [1.29, 1.82) is 0 Å². The van der Waals surface area contributed by atoms with E-state index in [1.54, 1.807) is 0 Å². The van der Waals surface area contributed by atoms with Crippen LogP contribution in [-0.4, -0.2) is 30.8 Å². The fourth-order valence-electron chi connectivity index (χ4n) is 2.27. The standard InChI is InChI=1S/C10H19NO/c1-3-4-9-5-7-11(2)10(9)6-8-12/h8-10H,3-7H2,1-2H3. The number of carbonyl (C=O) groups excluding carboxylic acids is 1. The first-order valence-corrected chi connectivity index (χ1v) is 4.93. The minimum atomic E-state index is 0.530. The molecule has 0 saturated carbocycles. The first kappa shape index (κ1) is 9.72. The molecule has 0 aromatic rings. The van der Waals surface area contributed by atoms with Crippen LogP contribution in [0.1, 0.15) is 32.6 Å². The molecule has 0 aliphatic carbocycles. The van der Waals surface area contributed by atoms with Crippen molar-refractivity contribution in [2.75, 3.05) is 13.6 Å². The Morgan fingerprint density at radius 2 is 2.33 bits per heavy atom. The third-order valence-corrected chi connectivity index (χ3v) is 2.96. The summed E-state index contributed by atoms with van der Waals surface area (Å²) in [6.07, 6.45) is 5.59. The van der Waals surface area contributed by atoms with E-state index < -0.39 is 0 Å². The van der Waals surface area contributed by atoms with E-state index >= 15 is 0 Å². The van der Waals surface area contributed by atoms with E-state index in [1.165, 1.54) is 25.8 Å². The van der Waals surface area contributed by atoms with Crippen LogP contribution in [0.2, 0.25) is 0 Å². The van der Waals surface area contributed by atoms with E-state index in [2.05, 4.69) is 18.9 Å². The highest BCUT2D eigenvalue weighted by molar-refractivity contribution is 5.50. The lowest BCUT2D eigenvalue weighted by Crippen LogP contribution is -2.29. The monoisotopic (exact) mass is 169 g/mol. The van der Waals surface area contributed by atoms with E-state index in [1.807, 2.05) is 0 Å². The second kappa shape index (κ2) is 4.61. The molecule has 2 nitrogen and oxygen atoms in total. The zero-order chi connectivity index (χ0) is 8.97. The number of hydrogen-bond donors (Lipinski definition) is 0. The maximum atomic E-state index is 10.4. The molecule has 0 bridgehead atoms. The maximum Gasteiger partial charge on any atom is 0.121 e. The van der Waals surface area contributed by atoms with Crippen molar-refractivity contribution in [3.05, 3.63) is 0 Å². The van der Waals surface area contributed by atoms with Gasteiger partial charge in [0, 0.05) is 12.5 Å². The van der Waals surface area contributed by atoms with Crippen molar-refractivity contribution in [3.63, 3.8) is 0 Å².